The molecule has 1 aromatic carbocycles. The highest BCUT2D eigenvalue weighted by Crippen LogP contribution is 2.32. The van der Waals surface area contributed by atoms with Gasteiger partial charge in [0.15, 0.2) is 0 Å². The Morgan fingerprint density at radius 3 is 2.70 bits per heavy atom. The Morgan fingerprint density at radius 1 is 1.40 bits per heavy atom. The molecule has 0 aromatic heterocycles. The maximum atomic E-state index is 12.8. The highest BCUT2D eigenvalue weighted by molar-refractivity contribution is 7.89. The monoisotopic (exact) mass is 292 g/mol. The fourth-order valence-electron chi connectivity index (χ4n) is 2.17. The Balaban J connectivity index is 2.33. The average Bonchev–Trinajstić information content (AvgIpc) is 3.23. The van der Waals surface area contributed by atoms with Crippen molar-refractivity contribution in [2.45, 2.75) is 24.3 Å². The first-order valence-corrected chi connectivity index (χ1v) is 8.19. The van der Waals surface area contributed by atoms with Gasteiger partial charge in [0, 0.05) is 13.1 Å². The van der Waals surface area contributed by atoms with Crippen LogP contribution in [0.5, 0.6) is 0 Å². The predicted molar refractivity (Wildman–Crippen MR) is 79.5 cm³/mol. The highest BCUT2D eigenvalue weighted by atomic mass is 32.2. The lowest BCUT2D eigenvalue weighted by Gasteiger charge is -2.21. The smallest absolute Gasteiger partial charge is 0.244 e. The highest BCUT2D eigenvalue weighted by Gasteiger charge is 2.32. The summed E-state index contributed by atoms with van der Waals surface area (Å²) in [4.78, 5) is 0.352. The second-order valence-corrected chi connectivity index (χ2v) is 6.99. The first kappa shape index (κ1) is 15.0. The van der Waals surface area contributed by atoms with Crippen LogP contribution < -0.4 is 5.32 Å². The van der Waals surface area contributed by atoms with E-state index in [0.29, 0.717) is 23.9 Å². The van der Waals surface area contributed by atoms with Crippen molar-refractivity contribution in [1.29, 1.82) is 0 Å². The van der Waals surface area contributed by atoms with Gasteiger partial charge in [-0.1, -0.05) is 24.1 Å². The van der Waals surface area contributed by atoms with Crippen molar-refractivity contribution in [2.24, 2.45) is 5.92 Å². The van der Waals surface area contributed by atoms with E-state index in [2.05, 4.69) is 11.2 Å². The molecule has 1 aliphatic rings. The summed E-state index contributed by atoms with van der Waals surface area (Å²) >= 11 is 0. The molecule has 0 bridgehead atoms. The molecular formula is C15H20N2O2S. The van der Waals surface area contributed by atoms with Gasteiger partial charge < -0.3 is 5.32 Å². The quantitative estimate of drug-likeness (QED) is 0.774. The van der Waals surface area contributed by atoms with Crippen LogP contribution in [0.4, 0.5) is 0 Å². The van der Waals surface area contributed by atoms with Gasteiger partial charge in [0.25, 0.3) is 0 Å². The second kappa shape index (κ2) is 6.40. The van der Waals surface area contributed by atoms with Crippen LogP contribution in [-0.4, -0.2) is 32.9 Å². The number of benzene rings is 1. The number of nitrogens with zero attached hydrogens (tertiary/aromatic N) is 1. The average molecular weight is 292 g/mol. The minimum Gasteiger partial charge on any atom is -0.316 e. The molecule has 0 spiro atoms. The fraction of sp³-hybridized carbons (Fsp3) is 0.467. The van der Waals surface area contributed by atoms with Crippen LogP contribution >= 0.6 is 0 Å². The Bertz CT molecular complexity index is 601. The summed E-state index contributed by atoms with van der Waals surface area (Å²) in [5.74, 6) is 2.93. The Labute approximate surface area is 121 Å². The molecule has 4 nitrogen and oxygen atoms in total. The van der Waals surface area contributed by atoms with Gasteiger partial charge in [-0.15, -0.1) is 6.42 Å². The molecule has 2 rings (SSSR count). The topological polar surface area (TPSA) is 49.4 Å². The van der Waals surface area contributed by atoms with Gasteiger partial charge in [0.2, 0.25) is 10.0 Å². The first-order valence-electron chi connectivity index (χ1n) is 6.75. The van der Waals surface area contributed by atoms with Gasteiger partial charge >= 0.3 is 0 Å². The number of hydrogen-bond donors (Lipinski definition) is 1. The second-order valence-electron chi connectivity index (χ2n) is 5.08. The molecule has 0 amide bonds. The lowest BCUT2D eigenvalue weighted by atomic mass is 10.2. The van der Waals surface area contributed by atoms with Crippen molar-refractivity contribution >= 4 is 10.0 Å². The van der Waals surface area contributed by atoms with E-state index in [9.17, 15) is 8.42 Å². The first-order chi connectivity index (χ1) is 9.59. The van der Waals surface area contributed by atoms with E-state index in [0.717, 1.165) is 18.4 Å². The van der Waals surface area contributed by atoms with Crippen LogP contribution in [0.2, 0.25) is 0 Å². The van der Waals surface area contributed by atoms with E-state index in [4.69, 9.17) is 6.42 Å². The van der Waals surface area contributed by atoms with Gasteiger partial charge in [0.05, 0.1) is 11.4 Å². The van der Waals surface area contributed by atoms with E-state index >= 15 is 0 Å². The summed E-state index contributed by atoms with van der Waals surface area (Å²) in [6.07, 6.45) is 7.51. The van der Waals surface area contributed by atoms with Crippen LogP contribution in [0.1, 0.15) is 18.4 Å². The standard InChI is InChI=1S/C15H20N2O2S/c1-3-10-17(12-13-8-9-13)20(18,19)15-7-5-4-6-14(15)11-16-2/h1,4-7,13,16H,8-12H2,2H3. The normalized spacial score (nSPS) is 15.2. The zero-order valence-corrected chi connectivity index (χ0v) is 12.5. The van der Waals surface area contributed by atoms with Gasteiger partial charge in [-0.25, -0.2) is 8.42 Å². The van der Waals surface area contributed by atoms with Crippen LogP contribution in [0, 0.1) is 18.3 Å². The van der Waals surface area contributed by atoms with E-state index in [1.807, 2.05) is 12.1 Å². The van der Waals surface area contributed by atoms with Crippen molar-refractivity contribution in [3.05, 3.63) is 29.8 Å². The van der Waals surface area contributed by atoms with E-state index < -0.39 is 10.0 Å². The summed E-state index contributed by atoms with van der Waals surface area (Å²) in [6.45, 7) is 1.18. The van der Waals surface area contributed by atoms with E-state index in [1.165, 1.54) is 4.31 Å². The number of terminal acetylenes is 1. The molecule has 0 saturated heterocycles. The molecule has 5 heteroatoms. The fourth-order valence-corrected chi connectivity index (χ4v) is 3.82. The summed E-state index contributed by atoms with van der Waals surface area (Å²) in [5.41, 5.74) is 0.771. The summed E-state index contributed by atoms with van der Waals surface area (Å²) in [5, 5.41) is 3.00. The maximum Gasteiger partial charge on any atom is 0.244 e. The number of nitrogens with one attached hydrogen (secondary N) is 1. The van der Waals surface area contributed by atoms with Gasteiger partial charge in [-0.3, -0.25) is 0 Å². The van der Waals surface area contributed by atoms with Crippen molar-refractivity contribution in [3.8, 4) is 12.3 Å². The predicted octanol–water partition coefficient (Wildman–Crippen LogP) is 1.44. The number of sulfonamides is 1. The molecule has 1 fully saturated rings. The van der Waals surface area contributed by atoms with Crippen molar-refractivity contribution in [1.82, 2.24) is 9.62 Å². The van der Waals surface area contributed by atoms with Crippen LogP contribution in [-0.2, 0) is 16.6 Å². The molecule has 1 saturated carbocycles. The van der Waals surface area contributed by atoms with Gasteiger partial charge in [-0.05, 0) is 37.4 Å². The molecule has 0 atom stereocenters. The van der Waals surface area contributed by atoms with Crippen LogP contribution in [0.25, 0.3) is 0 Å². The molecule has 1 aromatic rings. The van der Waals surface area contributed by atoms with Crippen LogP contribution in [0.3, 0.4) is 0 Å². The number of hydrogen-bond acceptors (Lipinski definition) is 3. The molecule has 1 N–H and O–H groups in total. The third-order valence-corrected chi connectivity index (χ3v) is 5.30. The lowest BCUT2D eigenvalue weighted by molar-refractivity contribution is 0.429. The Hall–Kier alpha value is -1.35. The van der Waals surface area contributed by atoms with Crippen molar-refractivity contribution < 1.29 is 8.42 Å². The molecule has 0 radical (unpaired) electrons. The molecule has 0 unspecified atom stereocenters. The lowest BCUT2D eigenvalue weighted by Crippen LogP contribution is -2.34. The third-order valence-electron chi connectivity index (χ3n) is 3.38. The largest absolute Gasteiger partial charge is 0.316 e. The molecule has 20 heavy (non-hydrogen) atoms. The Kier molecular flexibility index (Phi) is 4.81. The van der Waals surface area contributed by atoms with Gasteiger partial charge in [-0.2, -0.15) is 4.31 Å². The minimum absolute atomic E-state index is 0.132. The SMILES string of the molecule is C#CCN(CC1CC1)S(=O)(=O)c1ccccc1CNC. The van der Waals surface area contributed by atoms with E-state index in [1.54, 1.807) is 19.2 Å². The van der Waals surface area contributed by atoms with Gasteiger partial charge in [0.1, 0.15) is 0 Å². The molecule has 0 aliphatic heterocycles. The molecule has 0 heterocycles. The van der Waals surface area contributed by atoms with Crippen molar-refractivity contribution in [3.63, 3.8) is 0 Å². The molecule has 1 aliphatic carbocycles. The zero-order chi connectivity index (χ0) is 14.6. The summed E-state index contributed by atoms with van der Waals surface area (Å²) in [7, 11) is -1.72. The summed E-state index contributed by atoms with van der Waals surface area (Å²) in [6, 6.07) is 7.07. The maximum absolute atomic E-state index is 12.8. The summed E-state index contributed by atoms with van der Waals surface area (Å²) < 4.78 is 27.0. The minimum atomic E-state index is -3.52. The zero-order valence-electron chi connectivity index (χ0n) is 11.7. The Morgan fingerprint density at radius 2 is 2.10 bits per heavy atom. The molecule has 108 valence electrons. The molecular weight excluding hydrogens is 272 g/mol. The number of rotatable bonds is 7. The van der Waals surface area contributed by atoms with E-state index in [-0.39, 0.29) is 6.54 Å². The third kappa shape index (κ3) is 3.40. The van der Waals surface area contributed by atoms with Crippen molar-refractivity contribution in [2.75, 3.05) is 20.1 Å². The van der Waals surface area contributed by atoms with Crippen LogP contribution in [0.15, 0.2) is 29.2 Å².